The maximum absolute atomic E-state index is 6.67. The van der Waals surface area contributed by atoms with Gasteiger partial charge in [-0.15, -0.1) is 0 Å². The van der Waals surface area contributed by atoms with Gasteiger partial charge in [0.25, 0.3) is 0 Å². The first-order chi connectivity index (χ1) is 39.6. The van der Waals surface area contributed by atoms with Gasteiger partial charge in [-0.25, -0.2) is 15.0 Å². The third-order valence-corrected chi connectivity index (χ3v) is 15.4. The van der Waals surface area contributed by atoms with Crippen LogP contribution in [0.1, 0.15) is 0 Å². The molecule has 0 bridgehead atoms. The average molecular weight is 1020 g/mol. The van der Waals surface area contributed by atoms with Crippen molar-refractivity contribution in [2.75, 3.05) is 0 Å². The Labute approximate surface area is 463 Å². The molecule has 3 aromatic heterocycles. The topological polar surface area (TPSA) is 56.7 Å². The Bertz CT molecular complexity index is 4740. The van der Waals surface area contributed by atoms with E-state index in [0.717, 1.165) is 99.9 Å². The molecule has 0 saturated heterocycles. The van der Waals surface area contributed by atoms with Gasteiger partial charge in [0.1, 0.15) is 11.2 Å². The lowest BCUT2D eigenvalue weighted by molar-refractivity contribution is 0.669. The second kappa shape index (κ2) is 19.7. The van der Waals surface area contributed by atoms with Crippen molar-refractivity contribution in [2.45, 2.75) is 0 Å². The summed E-state index contributed by atoms with van der Waals surface area (Å²) < 4.78 is 9.10. The van der Waals surface area contributed by atoms with E-state index in [1.54, 1.807) is 0 Å². The highest BCUT2D eigenvalue weighted by Crippen LogP contribution is 2.43. The second-order valence-electron chi connectivity index (χ2n) is 20.3. The van der Waals surface area contributed by atoms with Crippen molar-refractivity contribution in [1.29, 1.82) is 0 Å². The molecule has 0 fully saturated rings. The highest BCUT2D eigenvalue weighted by atomic mass is 16.3. The lowest BCUT2D eigenvalue weighted by Gasteiger charge is -2.16. The molecule has 0 amide bonds. The van der Waals surface area contributed by atoms with E-state index in [2.05, 4.69) is 265 Å². The van der Waals surface area contributed by atoms with Crippen LogP contribution in [-0.2, 0) is 0 Å². The summed E-state index contributed by atoms with van der Waals surface area (Å²) in [4.78, 5) is 15.8. The van der Waals surface area contributed by atoms with E-state index in [9.17, 15) is 0 Å². The van der Waals surface area contributed by atoms with Crippen molar-refractivity contribution < 1.29 is 4.42 Å². The number of hydrogen-bond donors (Lipinski definition) is 0. The molecule has 12 aromatic carbocycles. The lowest BCUT2D eigenvalue weighted by atomic mass is 9.93. The molecule has 0 aliphatic heterocycles. The van der Waals surface area contributed by atoms with Gasteiger partial charge >= 0.3 is 0 Å². The molecule has 0 saturated carbocycles. The zero-order valence-electron chi connectivity index (χ0n) is 43.4. The van der Waals surface area contributed by atoms with Gasteiger partial charge in [-0.05, 0) is 134 Å². The Morgan fingerprint density at radius 1 is 0.237 bits per heavy atom. The Morgan fingerprint density at radius 3 is 1.36 bits per heavy atom. The largest absolute Gasteiger partial charge is 0.456 e. The Balaban J connectivity index is 0.853. The monoisotopic (exact) mass is 1020 g/mol. The standard InChI is InChI=1S/C75H48N4O/c1-6-20-49(21-7-1)55-36-39-68(64(46-55)52-26-12-4-13-27-52)79-67-34-17-16-32-62(67)65-47-56(37-40-69(65)79)57-38-41-70-66(48-57)72-63(33-19-35-71(72)80-70)75-77-73(53-28-14-5-15-29-53)76-74(78-75)58-31-18-30-54(42-58)61-44-59(50-22-8-2-9-23-50)43-60(45-61)51-24-10-3-11-25-51/h1-48H. The molecule has 0 atom stereocenters. The van der Waals surface area contributed by atoms with E-state index in [1.165, 1.54) is 33.0 Å². The molecule has 0 N–H and O–H groups in total. The molecule has 3 heterocycles. The molecule has 0 unspecified atom stereocenters. The number of furan rings is 1. The summed E-state index contributed by atoms with van der Waals surface area (Å²) in [5.74, 6) is 1.74. The van der Waals surface area contributed by atoms with Gasteiger partial charge in [0.15, 0.2) is 17.5 Å². The van der Waals surface area contributed by atoms with Gasteiger partial charge in [0.2, 0.25) is 0 Å². The molecular weight excluding hydrogens is 973 g/mol. The van der Waals surface area contributed by atoms with Crippen LogP contribution in [0.3, 0.4) is 0 Å². The first-order valence-corrected chi connectivity index (χ1v) is 27.1. The predicted molar refractivity (Wildman–Crippen MR) is 330 cm³/mol. The first kappa shape index (κ1) is 46.5. The number of rotatable bonds is 10. The van der Waals surface area contributed by atoms with Gasteiger partial charge in [0, 0.05) is 43.8 Å². The van der Waals surface area contributed by atoms with Crippen LogP contribution in [0.15, 0.2) is 296 Å². The summed E-state index contributed by atoms with van der Waals surface area (Å²) in [6.07, 6.45) is 0. The van der Waals surface area contributed by atoms with E-state index >= 15 is 0 Å². The molecule has 15 aromatic rings. The number of aromatic nitrogens is 4. The van der Waals surface area contributed by atoms with Crippen LogP contribution in [0.4, 0.5) is 0 Å². The van der Waals surface area contributed by atoms with Crippen LogP contribution in [0.2, 0.25) is 0 Å². The molecule has 5 nitrogen and oxygen atoms in total. The van der Waals surface area contributed by atoms with Crippen LogP contribution in [-0.4, -0.2) is 19.5 Å². The van der Waals surface area contributed by atoms with Crippen molar-refractivity contribution >= 4 is 43.7 Å². The zero-order chi connectivity index (χ0) is 52.9. The minimum Gasteiger partial charge on any atom is -0.456 e. The van der Waals surface area contributed by atoms with Gasteiger partial charge < -0.3 is 8.98 Å². The maximum Gasteiger partial charge on any atom is 0.164 e. The summed E-state index contributed by atoms with van der Waals surface area (Å²) >= 11 is 0. The van der Waals surface area contributed by atoms with Crippen LogP contribution in [0, 0.1) is 0 Å². The second-order valence-corrected chi connectivity index (χ2v) is 20.3. The quantitative estimate of drug-likeness (QED) is 0.137. The molecule has 5 heteroatoms. The SMILES string of the molecule is c1ccc(-c2cc(-c3ccccc3)cc(-c3cccc(-c4nc(-c5ccccc5)nc(-c5cccc6oc7ccc(-c8ccc9c(c8)c8ccccc8n9-c8ccc(-c9ccccc9)cc8-c8ccccc8)cc7c56)n4)c3)c2)cc1. The van der Waals surface area contributed by atoms with E-state index in [0.29, 0.717) is 17.5 Å². The Morgan fingerprint density at radius 2 is 0.688 bits per heavy atom. The van der Waals surface area contributed by atoms with Crippen molar-refractivity contribution in [3.63, 3.8) is 0 Å². The summed E-state index contributed by atoms with van der Waals surface area (Å²) in [5.41, 5.74) is 21.3. The summed E-state index contributed by atoms with van der Waals surface area (Å²) in [5, 5.41) is 4.30. The normalized spacial score (nSPS) is 11.5. The highest BCUT2D eigenvalue weighted by Gasteiger charge is 2.21. The molecule has 15 rings (SSSR count). The molecular formula is C75H48N4O. The summed E-state index contributed by atoms with van der Waals surface area (Å²) in [7, 11) is 0. The fourth-order valence-electron chi connectivity index (χ4n) is 11.6. The number of para-hydroxylation sites is 1. The third kappa shape index (κ3) is 8.42. The number of hydrogen-bond acceptors (Lipinski definition) is 4. The first-order valence-electron chi connectivity index (χ1n) is 27.1. The van der Waals surface area contributed by atoms with Crippen molar-refractivity contribution in [3.05, 3.63) is 291 Å². The Kier molecular flexibility index (Phi) is 11.4. The molecule has 0 aliphatic carbocycles. The fraction of sp³-hybridized carbons (Fsp3) is 0. The minimum atomic E-state index is 0.566. The van der Waals surface area contributed by atoms with Crippen LogP contribution >= 0.6 is 0 Å². The molecule has 80 heavy (non-hydrogen) atoms. The predicted octanol–water partition coefficient (Wildman–Crippen LogP) is 19.9. The van der Waals surface area contributed by atoms with E-state index in [-0.39, 0.29) is 0 Å². The Hall–Kier alpha value is -10.8. The summed E-state index contributed by atoms with van der Waals surface area (Å²) in [6.45, 7) is 0. The highest BCUT2D eigenvalue weighted by molar-refractivity contribution is 6.14. The van der Waals surface area contributed by atoms with Gasteiger partial charge in [-0.3, -0.25) is 0 Å². The zero-order valence-corrected chi connectivity index (χ0v) is 43.4. The van der Waals surface area contributed by atoms with Crippen LogP contribution in [0.5, 0.6) is 0 Å². The molecule has 0 radical (unpaired) electrons. The van der Waals surface area contributed by atoms with E-state index in [1.807, 2.05) is 30.3 Å². The number of nitrogens with zero attached hydrogens (tertiary/aromatic N) is 4. The lowest BCUT2D eigenvalue weighted by Crippen LogP contribution is -2.00. The molecule has 0 aliphatic rings. The van der Waals surface area contributed by atoms with E-state index < -0.39 is 0 Å². The van der Waals surface area contributed by atoms with Gasteiger partial charge in [-0.2, -0.15) is 0 Å². The molecule has 374 valence electrons. The fourth-order valence-corrected chi connectivity index (χ4v) is 11.6. The number of benzene rings is 12. The number of fused-ring (bicyclic) bond motifs is 6. The van der Waals surface area contributed by atoms with Crippen LogP contribution < -0.4 is 0 Å². The summed E-state index contributed by atoms with van der Waals surface area (Å²) in [6, 6.07) is 103. The van der Waals surface area contributed by atoms with Crippen LogP contribution in [0.25, 0.3) is 150 Å². The van der Waals surface area contributed by atoms with E-state index in [4.69, 9.17) is 19.4 Å². The maximum atomic E-state index is 6.67. The minimum absolute atomic E-state index is 0.566. The van der Waals surface area contributed by atoms with Gasteiger partial charge in [0.05, 0.1) is 16.7 Å². The van der Waals surface area contributed by atoms with Crippen molar-refractivity contribution in [3.8, 4) is 107 Å². The van der Waals surface area contributed by atoms with Crippen molar-refractivity contribution in [1.82, 2.24) is 19.5 Å². The smallest absolute Gasteiger partial charge is 0.164 e. The third-order valence-electron chi connectivity index (χ3n) is 15.4. The average Bonchev–Trinajstić information content (AvgIpc) is 4.23. The van der Waals surface area contributed by atoms with Gasteiger partial charge in [-0.1, -0.05) is 218 Å². The molecule has 0 spiro atoms. The van der Waals surface area contributed by atoms with Crippen molar-refractivity contribution in [2.24, 2.45) is 0 Å².